The van der Waals surface area contributed by atoms with Gasteiger partial charge in [-0.3, -0.25) is 0 Å². The molecular weight excluding hydrogens is 202 g/mol. The van der Waals surface area contributed by atoms with Crippen LogP contribution >= 0.6 is 0 Å². The predicted molar refractivity (Wildman–Crippen MR) is 66.8 cm³/mol. The highest BCUT2D eigenvalue weighted by atomic mass is 16.5. The SMILES string of the molecule is CCNCCCCCCOCC1CCCO1. The van der Waals surface area contributed by atoms with E-state index in [1.54, 1.807) is 0 Å². The van der Waals surface area contributed by atoms with E-state index in [0.717, 1.165) is 32.9 Å². The molecule has 0 saturated carbocycles. The topological polar surface area (TPSA) is 30.5 Å². The lowest BCUT2D eigenvalue weighted by Gasteiger charge is -2.09. The summed E-state index contributed by atoms with van der Waals surface area (Å²) in [6.07, 6.45) is 7.86. The fourth-order valence-corrected chi connectivity index (χ4v) is 1.98. The molecule has 0 aromatic heterocycles. The highest BCUT2D eigenvalue weighted by Crippen LogP contribution is 2.12. The molecule has 1 atom stereocenters. The summed E-state index contributed by atoms with van der Waals surface area (Å²) in [6, 6.07) is 0. The second kappa shape index (κ2) is 10.1. The maximum atomic E-state index is 5.60. The Morgan fingerprint density at radius 3 is 2.88 bits per heavy atom. The standard InChI is InChI=1S/C13H27NO2/c1-2-14-9-5-3-4-6-10-15-12-13-8-7-11-16-13/h13-14H,2-12H2,1H3. The number of hydrogen-bond donors (Lipinski definition) is 1. The van der Waals surface area contributed by atoms with Gasteiger partial charge in [0, 0.05) is 13.2 Å². The summed E-state index contributed by atoms with van der Waals surface area (Å²) in [5.41, 5.74) is 0. The van der Waals surface area contributed by atoms with E-state index in [-0.39, 0.29) is 0 Å². The summed E-state index contributed by atoms with van der Waals surface area (Å²) < 4.78 is 11.1. The molecule has 0 aromatic carbocycles. The van der Waals surface area contributed by atoms with Gasteiger partial charge >= 0.3 is 0 Å². The van der Waals surface area contributed by atoms with Crippen LogP contribution in [0.4, 0.5) is 0 Å². The Morgan fingerprint density at radius 2 is 2.12 bits per heavy atom. The van der Waals surface area contributed by atoms with Crippen LogP contribution in [0.25, 0.3) is 0 Å². The van der Waals surface area contributed by atoms with Crippen molar-refractivity contribution in [3.8, 4) is 0 Å². The van der Waals surface area contributed by atoms with E-state index < -0.39 is 0 Å². The van der Waals surface area contributed by atoms with Crippen LogP contribution in [0, 0.1) is 0 Å². The minimum Gasteiger partial charge on any atom is -0.379 e. The Labute approximate surface area is 99.9 Å². The molecule has 1 heterocycles. The quantitative estimate of drug-likeness (QED) is 0.583. The van der Waals surface area contributed by atoms with Crippen molar-refractivity contribution in [3.63, 3.8) is 0 Å². The van der Waals surface area contributed by atoms with Gasteiger partial charge in [-0.2, -0.15) is 0 Å². The van der Waals surface area contributed by atoms with Crippen LogP contribution < -0.4 is 5.32 Å². The first-order chi connectivity index (χ1) is 7.93. The van der Waals surface area contributed by atoms with Gasteiger partial charge in [0.05, 0.1) is 12.7 Å². The molecule has 3 heteroatoms. The third-order valence-electron chi connectivity index (χ3n) is 2.97. The van der Waals surface area contributed by atoms with Crippen LogP contribution in [0.15, 0.2) is 0 Å². The highest BCUT2D eigenvalue weighted by molar-refractivity contribution is 4.63. The zero-order valence-electron chi connectivity index (χ0n) is 10.7. The molecule has 0 amide bonds. The zero-order valence-corrected chi connectivity index (χ0v) is 10.7. The molecule has 0 bridgehead atoms. The summed E-state index contributed by atoms with van der Waals surface area (Å²) in [4.78, 5) is 0. The minimum absolute atomic E-state index is 0.383. The van der Waals surface area contributed by atoms with Crippen LogP contribution in [0.1, 0.15) is 45.4 Å². The van der Waals surface area contributed by atoms with Crippen molar-refractivity contribution < 1.29 is 9.47 Å². The third kappa shape index (κ3) is 7.20. The van der Waals surface area contributed by atoms with Gasteiger partial charge < -0.3 is 14.8 Å². The molecule has 1 saturated heterocycles. The van der Waals surface area contributed by atoms with E-state index in [1.165, 1.54) is 38.5 Å². The van der Waals surface area contributed by atoms with Crippen molar-refractivity contribution in [2.45, 2.75) is 51.6 Å². The lowest BCUT2D eigenvalue weighted by Crippen LogP contribution is -2.15. The Hall–Kier alpha value is -0.120. The molecule has 96 valence electrons. The molecule has 0 spiro atoms. The lowest BCUT2D eigenvalue weighted by molar-refractivity contribution is 0.0161. The van der Waals surface area contributed by atoms with Gasteiger partial charge in [0.2, 0.25) is 0 Å². The maximum Gasteiger partial charge on any atom is 0.0809 e. The molecule has 1 unspecified atom stereocenters. The second-order valence-electron chi connectivity index (χ2n) is 4.48. The van der Waals surface area contributed by atoms with Gasteiger partial charge in [-0.1, -0.05) is 19.8 Å². The molecule has 1 rings (SSSR count). The first-order valence-electron chi connectivity index (χ1n) is 6.83. The molecule has 3 nitrogen and oxygen atoms in total. The molecule has 0 aromatic rings. The molecule has 1 aliphatic rings. The number of rotatable bonds is 10. The summed E-state index contributed by atoms with van der Waals surface area (Å²) in [6.45, 7) is 7.04. The van der Waals surface area contributed by atoms with Crippen LogP contribution in [0.2, 0.25) is 0 Å². The first-order valence-corrected chi connectivity index (χ1v) is 6.83. The van der Waals surface area contributed by atoms with Crippen LogP contribution in [-0.2, 0) is 9.47 Å². The number of nitrogens with one attached hydrogen (secondary N) is 1. The average Bonchev–Trinajstić information content (AvgIpc) is 2.80. The highest BCUT2D eigenvalue weighted by Gasteiger charge is 2.14. The summed E-state index contributed by atoms with van der Waals surface area (Å²) in [5, 5.41) is 3.34. The van der Waals surface area contributed by atoms with E-state index in [4.69, 9.17) is 9.47 Å². The lowest BCUT2D eigenvalue weighted by atomic mass is 10.2. The Morgan fingerprint density at radius 1 is 1.25 bits per heavy atom. The van der Waals surface area contributed by atoms with Crippen molar-refractivity contribution in [2.75, 3.05) is 32.9 Å². The van der Waals surface area contributed by atoms with Crippen molar-refractivity contribution in [3.05, 3.63) is 0 Å². The number of ether oxygens (including phenoxy) is 2. The van der Waals surface area contributed by atoms with Crippen molar-refractivity contribution in [1.82, 2.24) is 5.32 Å². The van der Waals surface area contributed by atoms with Crippen LogP contribution in [-0.4, -0.2) is 39.0 Å². The Bertz CT molecular complexity index is 147. The zero-order chi connectivity index (χ0) is 11.5. The van der Waals surface area contributed by atoms with E-state index in [2.05, 4.69) is 12.2 Å². The molecule has 1 fully saturated rings. The van der Waals surface area contributed by atoms with Gasteiger partial charge in [0.25, 0.3) is 0 Å². The summed E-state index contributed by atoms with van der Waals surface area (Å²) in [5.74, 6) is 0. The molecule has 0 aliphatic carbocycles. The molecule has 16 heavy (non-hydrogen) atoms. The molecular formula is C13H27NO2. The first kappa shape index (κ1) is 13.9. The van der Waals surface area contributed by atoms with Gasteiger partial charge in [0.15, 0.2) is 0 Å². The van der Waals surface area contributed by atoms with Gasteiger partial charge in [-0.05, 0) is 38.8 Å². The van der Waals surface area contributed by atoms with Gasteiger partial charge in [-0.25, -0.2) is 0 Å². The van der Waals surface area contributed by atoms with Crippen molar-refractivity contribution in [1.29, 1.82) is 0 Å². The maximum absolute atomic E-state index is 5.60. The molecule has 1 N–H and O–H groups in total. The fraction of sp³-hybridized carbons (Fsp3) is 1.00. The van der Waals surface area contributed by atoms with E-state index in [9.17, 15) is 0 Å². The van der Waals surface area contributed by atoms with Gasteiger partial charge in [0.1, 0.15) is 0 Å². The van der Waals surface area contributed by atoms with Crippen molar-refractivity contribution in [2.24, 2.45) is 0 Å². The summed E-state index contributed by atoms with van der Waals surface area (Å²) in [7, 11) is 0. The largest absolute Gasteiger partial charge is 0.379 e. The van der Waals surface area contributed by atoms with E-state index in [1.807, 2.05) is 0 Å². The minimum atomic E-state index is 0.383. The monoisotopic (exact) mass is 229 g/mol. The van der Waals surface area contributed by atoms with Crippen LogP contribution in [0.3, 0.4) is 0 Å². The predicted octanol–water partition coefficient (Wildman–Crippen LogP) is 2.35. The fourth-order valence-electron chi connectivity index (χ4n) is 1.98. The molecule has 1 aliphatic heterocycles. The number of unbranched alkanes of at least 4 members (excludes halogenated alkanes) is 3. The Kier molecular flexibility index (Phi) is 8.77. The Balaban J connectivity index is 1.71. The molecule has 0 radical (unpaired) electrons. The van der Waals surface area contributed by atoms with Crippen molar-refractivity contribution >= 4 is 0 Å². The van der Waals surface area contributed by atoms with E-state index >= 15 is 0 Å². The van der Waals surface area contributed by atoms with E-state index in [0.29, 0.717) is 6.10 Å². The van der Waals surface area contributed by atoms with Gasteiger partial charge in [-0.15, -0.1) is 0 Å². The van der Waals surface area contributed by atoms with Crippen LogP contribution in [0.5, 0.6) is 0 Å². The second-order valence-corrected chi connectivity index (χ2v) is 4.48. The number of hydrogen-bond acceptors (Lipinski definition) is 3. The normalized spacial score (nSPS) is 20.4. The third-order valence-corrected chi connectivity index (χ3v) is 2.97. The smallest absolute Gasteiger partial charge is 0.0809 e. The average molecular weight is 229 g/mol. The summed E-state index contributed by atoms with van der Waals surface area (Å²) >= 11 is 0.